The predicted molar refractivity (Wildman–Crippen MR) is 217 cm³/mol. The van der Waals surface area contributed by atoms with Gasteiger partial charge in [-0.25, -0.2) is 0 Å². The van der Waals surface area contributed by atoms with E-state index in [9.17, 15) is 0 Å². The molecule has 9 aromatic rings. The van der Waals surface area contributed by atoms with Crippen molar-refractivity contribution in [2.75, 3.05) is 16.8 Å². The summed E-state index contributed by atoms with van der Waals surface area (Å²) in [6, 6.07) is 60.0. The number of hydrogen-bond donors (Lipinski definition) is 1. The molecule has 0 bridgehead atoms. The third kappa shape index (κ3) is 4.78. The molecule has 2 nitrogen and oxygen atoms in total. The van der Waals surface area contributed by atoms with Crippen LogP contribution in [0.2, 0.25) is 0 Å². The van der Waals surface area contributed by atoms with Gasteiger partial charge in [-0.2, -0.15) is 0 Å². The maximum Gasteiger partial charge on any atom is 0.0971 e. The number of nitrogens with zero attached hydrogens (tertiary/aromatic N) is 1. The molecule has 0 aliphatic carbocycles. The van der Waals surface area contributed by atoms with Crippen LogP contribution in [0, 0.1) is 0 Å². The highest BCUT2D eigenvalue weighted by Gasteiger charge is 2.18. The minimum absolute atomic E-state index is 0.877. The first kappa shape index (κ1) is 28.8. The standard InChI is InChI=1S/C47H32N2S/c1-2-9-31(10-3-1)32-18-22-36(23-19-32)49(38-26-27-45-44(30-38)42-15-8-28-48-47(42)50-45)37-24-20-34(21-25-37)43-29-35-17-16-33-11-4-5-12-39(33)46(35)41-14-7-6-13-40(41)43/h1-27,29-30,48H,28H2. The molecule has 10 rings (SSSR count). The van der Waals surface area contributed by atoms with Gasteiger partial charge in [-0.1, -0.05) is 127 Å². The number of thiophene rings is 1. The Balaban J connectivity index is 1.11. The highest BCUT2D eigenvalue weighted by Crippen LogP contribution is 2.44. The first-order chi connectivity index (χ1) is 24.8. The molecular weight excluding hydrogens is 625 g/mol. The van der Waals surface area contributed by atoms with Crippen LogP contribution in [-0.4, -0.2) is 6.54 Å². The Morgan fingerprint density at radius 1 is 0.480 bits per heavy atom. The Morgan fingerprint density at radius 3 is 1.92 bits per heavy atom. The zero-order valence-corrected chi connectivity index (χ0v) is 28.1. The molecule has 8 aromatic carbocycles. The molecule has 0 atom stereocenters. The van der Waals surface area contributed by atoms with Crippen LogP contribution in [0.3, 0.4) is 0 Å². The van der Waals surface area contributed by atoms with Crippen LogP contribution in [0.25, 0.3) is 70.7 Å². The van der Waals surface area contributed by atoms with Gasteiger partial charge in [0, 0.05) is 39.3 Å². The molecule has 2 heterocycles. The van der Waals surface area contributed by atoms with Gasteiger partial charge in [-0.15, -0.1) is 11.3 Å². The molecule has 1 aliphatic heterocycles. The maximum atomic E-state index is 3.56. The van der Waals surface area contributed by atoms with Gasteiger partial charge in [0.25, 0.3) is 0 Å². The van der Waals surface area contributed by atoms with E-state index in [2.05, 4.69) is 186 Å². The molecule has 0 spiro atoms. The topological polar surface area (TPSA) is 15.3 Å². The number of fused-ring (bicyclic) bond motifs is 8. The van der Waals surface area contributed by atoms with Crippen molar-refractivity contribution in [2.24, 2.45) is 0 Å². The molecule has 50 heavy (non-hydrogen) atoms. The van der Waals surface area contributed by atoms with Gasteiger partial charge in [0.15, 0.2) is 0 Å². The fourth-order valence-electron chi connectivity index (χ4n) is 7.66. The normalized spacial score (nSPS) is 12.4. The molecule has 0 radical (unpaired) electrons. The second-order valence-electron chi connectivity index (χ2n) is 13.0. The van der Waals surface area contributed by atoms with Crippen LogP contribution in [0.15, 0.2) is 170 Å². The Labute approximate surface area is 295 Å². The van der Waals surface area contributed by atoms with Crippen LogP contribution in [0.4, 0.5) is 22.1 Å². The average molecular weight is 657 g/mol. The smallest absolute Gasteiger partial charge is 0.0971 e. The molecule has 1 aliphatic rings. The van der Waals surface area contributed by atoms with Crippen molar-refractivity contribution in [3.8, 4) is 22.3 Å². The summed E-state index contributed by atoms with van der Waals surface area (Å²) in [7, 11) is 0. The van der Waals surface area contributed by atoms with Crippen molar-refractivity contribution in [1.82, 2.24) is 0 Å². The summed E-state index contributed by atoms with van der Waals surface area (Å²) in [4.78, 5) is 2.38. The van der Waals surface area contributed by atoms with E-state index in [-0.39, 0.29) is 0 Å². The van der Waals surface area contributed by atoms with Gasteiger partial charge in [0.05, 0.1) is 5.00 Å². The number of benzene rings is 8. The Hall–Kier alpha value is -6.16. The van der Waals surface area contributed by atoms with Crippen molar-refractivity contribution in [2.45, 2.75) is 0 Å². The zero-order valence-electron chi connectivity index (χ0n) is 27.3. The van der Waals surface area contributed by atoms with E-state index >= 15 is 0 Å². The lowest BCUT2D eigenvalue weighted by Gasteiger charge is -2.26. The van der Waals surface area contributed by atoms with Gasteiger partial charge in [-0.3, -0.25) is 0 Å². The molecule has 1 aromatic heterocycles. The number of rotatable bonds is 5. The van der Waals surface area contributed by atoms with E-state index in [1.165, 1.54) is 75.2 Å². The molecule has 0 saturated heterocycles. The summed E-state index contributed by atoms with van der Waals surface area (Å²) >= 11 is 1.83. The molecule has 0 saturated carbocycles. The lowest BCUT2D eigenvalue weighted by atomic mass is 9.90. The Kier molecular flexibility index (Phi) is 6.78. The maximum absolute atomic E-state index is 3.56. The van der Waals surface area contributed by atoms with Crippen molar-refractivity contribution in [1.29, 1.82) is 0 Å². The lowest BCUT2D eigenvalue weighted by Crippen LogP contribution is -2.09. The minimum Gasteiger partial charge on any atom is -0.373 e. The highest BCUT2D eigenvalue weighted by molar-refractivity contribution is 7.23. The number of hydrogen-bond acceptors (Lipinski definition) is 3. The van der Waals surface area contributed by atoms with Gasteiger partial charge >= 0.3 is 0 Å². The third-order valence-electron chi connectivity index (χ3n) is 10.0. The molecule has 3 heteroatoms. The fourth-order valence-corrected chi connectivity index (χ4v) is 8.74. The second-order valence-corrected chi connectivity index (χ2v) is 14.0. The van der Waals surface area contributed by atoms with Crippen LogP contribution in [0.5, 0.6) is 0 Å². The van der Waals surface area contributed by atoms with E-state index in [0.29, 0.717) is 0 Å². The van der Waals surface area contributed by atoms with Crippen molar-refractivity contribution < 1.29 is 0 Å². The van der Waals surface area contributed by atoms with Crippen LogP contribution in [-0.2, 0) is 0 Å². The zero-order chi connectivity index (χ0) is 33.0. The Morgan fingerprint density at radius 2 is 1.12 bits per heavy atom. The van der Waals surface area contributed by atoms with E-state index in [4.69, 9.17) is 0 Å². The van der Waals surface area contributed by atoms with Gasteiger partial charge in [-0.05, 0) is 103 Å². The summed E-state index contributed by atoms with van der Waals surface area (Å²) in [5.74, 6) is 0. The lowest BCUT2D eigenvalue weighted by molar-refractivity contribution is 1.29. The number of anilines is 4. The third-order valence-corrected chi connectivity index (χ3v) is 11.2. The molecule has 1 N–H and O–H groups in total. The predicted octanol–water partition coefficient (Wildman–Crippen LogP) is 13.6. The van der Waals surface area contributed by atoms with E-state index < -0.39 is 0 Å². The molecule has 236 valence electrons. The average Bonchev–Trinajstić information content (AvgIpc) is 3.56. The largest absolute Gasteiger partial charge is 0.373 e. The molecule has 0 fully saturated rings. The minimum atomic E-state index is 0.877. The molecular formula is C47H32N2S. The fraction of sp³-hybridized carbons (Fsp3) is 0.0213. The highest BCUT2D eigenvalue weighted by atomic mass is 32.1. The summed E-state index contributed by atoms with van der Waals surface area (Å²) in [6.45, 7) is 0.877. The Bertz CT molecular complexity index is 2740. The van der Waals surface area contributed by atoms with Crippen LogP contribution < -0.4 is 10.2 Å². The van der Waals surface area contributed by atoms with Crippen molar-refractivity contribution in [3.05, 3.63) is 175 Å². The second kappa shape index (κ2) is 11.8. The quantitative estimate of drug-likeness (QED) is 0.186. The van der Waals surface area contributed by atoms with Gasteiger partial charge in [0.2, 0.25) is 0 Å². The van der Waals surface area contributed by atoms with Crippen LogP contribution >= 0.6 is 11.3 Å². The summed E-state index contributed by atoms with van der Waals surface area (Å²) < 4.78 is 1.29. The summed E-state index contributed by atoms with van der Waals surface area (Å²) in [5, 5.41) is 13.8. The van der Waals surface area contributed by atoms with E-state index in [1.54, 1.807) is 0 Å². The van der Waals surface area contributed by atoms with Crippen molar-refractivity contribution >= 4 is 81.9 Å². The number of nitrogens with one attached hydrogen (secondary N) is 1. The SMILES string of the molecule is C1=Cc2c(sc3ccc(N(c4ccc(-c5ccccc5)cc4)c4ccc(-c5cc6ccc7ccccc7c6c6ccccc56)cc4)cc23)NC1. The molecule has 0 amide bonds. The van der Waals surface area contributed by atoms with Gasteiger partial charge < -0.3 is 10.2 Å². The van der Waals surface area contributed by atoms with E-state index in [0.717, 1.165) is 23.6 Å². The molecule has 0 unspecified atom stereocenters. The first-order valence-electron chi connectivity index (χ1n) is 17.1. The monoisotopic (exact) mass is 656 g/mol. The van der Waals surface area contributed by atoms with Crippen LogP contribution in [0.1, 0.15) is 5.56 Å². The van der Waals surface area contributed by atoms with Crippen molar-refractivity contribution in [3.63, 3.8) is 0 Å². The summed E-state index contributed by atoms with van der Waals surface area (Å²) in [6.07, 6.45) is 4.47. The summed E-state index contributed by atoms with van der Waals surface area (Å²) in [5.41, 5.74) is 9.55. The first-order valence-corrected chi connectivity index (χ1v) is 18.0. The van der Waals surface area contributed by atoms with Gasteiger partial charge in [0.1, 0.15) is 0 Å². The van der Waals surface area contributed by atoms with E-state index in [1.807, 2.05) is 11.3 Å².